The molecule has 1 heterocycles. The van der Waals surface area contributed by atoms with Gasteiger partial charge in [0.1, 0.15) is 0 Å². The Morgan fingerprint density at radius 1 is 0.263 bits per heavy atom. The molecule has 0 bridgehead atoms. The third kappa shape index (κ3) is 2.56. The molecule has 0 spiro atoms. The van der Waals surface area contributed by atoms with Crippen LogP contribution < -0.4 is 0 Å². The van der Waals surface area contributed by atoms with Gasteiger partial charge in [0.15, 0.2) is 0 Å². The van der Waals surface area contributed by atoms with E-state index >= 15 is 0 Å². The normalized spacial score (nSPS) is 12.2. The van der Waals surface area contributed by atoms with E-state index in [0.717, 1.165) is 11.0 Å². The molecule has 0 aliphatic heterocycles. The summed E-state index contributed by atoms with van der Waals surface area (Å²) in [5, 5.41) is 26.9. The molecule has 1 aromatic heterocycles. The van der Waals surface area contributed by atoms with Crippen LogP contribution in [0.2, 0.25) is 0 Å². The van der Waals surface area contributed by atoms with E-state index in [-0.39, 0.29) is 0 Å². The van der Waals surface area contributed by atoms with E-state index in [4.69, 9.17) is 10.2 Å². The van der Waals surface area contributed by atoms with Crippen LogP contribution in [-0.4, -0.2) is 10.2 Å². The minimum Gasteiger partial charge on any atom is -0.150 e. The van der Waals surface area contributed by atoms with Crippen LogP contribution in [0.1, 0.15) is 0 Å². The highest BCUT2D eigenvalue weighted by molar-refractivity contribution is 6.38. The highest BCUT2D eigenvalue weighted by Crippen LogP contribution is 2.43. The number of fused-ring (bicyclic) bond motifs is 15. The summed E-state index contributed by atoms with van der Waals surface area (Å²) in [6, 6.07) is 43.9. The second kappa shape index (κ2) is 7.24. The highest BCUT2D eigenvalue weighted by Gasteiger charge is 2.17. The summed E-state index contributed by atoms with van der Waals surface area (Å²) in [6.07, 6.45) is 0. The molecule has 2 heteroatoms. The van der Waals surface area contributed by atoms with Gasteiger partial charge in [-0.2, -0.15) is 0 Å². The Balaban J connectivity index is 1.67. The van der Waals surface area contributed by atoms with Crippen molar-refractivity contribution in [2.75, 3.05) is 0 Å². The summed E-state index contributed by atoms with van der Waals surface area (Å²) in [5.74, 6) is 0. The molecule has 9 aromatic rings. The van der Waals surface area contributed by atoms with Crippen LogP contribution in [0.25, 0.3) is 86.4 Å². The molecule has 0 N–H and O–H groups in total. The molecule has 9 rings (SSSR count). The Bertz CT molecular complexity index is 2250. The summed E-state index contributed by atoms with van der Waals surface area (Å²) in [6.45, 7) is 0. The predicted octanol–water partition coefficient (Wildman–Crippen LogP) is 9.70. The summed E-state index contributed by atoms with van der Waals surface area (Å²) in [7, 11) is 0. The van der Waals surface area contributed by atoms with Gasteiger partial charge in [-0.25, -0.2) is 0 Å². The molecule has 0 atom stereocenters. The van der Waals surface area contributed by atoms with Gasteiger partial charge < -0.3 is 0 Å². The van der Waals surface area contributed by atoms with Crippen molar-refractivity contribution >= 4 is 86.4 Å². The van der Waals surface area contributed by atoms with Gasteiger partial charge in [-0.3, -0.25) is 0 Å². The molecule has 0 fully saturated rings. The van der Waals surface area contributed by atoms with Crippen LogP contribution in [0.5, 0.6) is 0 Å². The Morgan fingerprint density at radius 2 is 0.605 bits per heavy atom. The van der Waals surface area contributed by atoms with E-state index in [1.165, 1.54) is 75.4 Å². The van der Waals surface area contributed by atoms with Gasteiger partial charge >= 0.3 is 0 Å². The first-order valence-electron chi connectivity index (χ1n) is 13.0. The fourth-order valence-corrected chi connectivity index (χ4v) is 6.58. The number of aromatic nitrogens is 2. The smallest absolute Gasteiger partial charge is 0.0943 e. The van der Waals surface area contributed by atoms with E-state index in [1.807, 2.05) is 0 Å². The van der Waals surface area contributed by atoms with Crippen molar-refractivity contribution in [3.05, 3.63) is 121 Å². The van der Waals surface area contributed by atoms with E-state index in [1.54, 1.807) is 0 Å². The lowest BCUT2D eigenvalue weighted by Crippen LogP contribution is -1.92. The standard InChI is InChI=1S/C36H20N2/c1-3-7-27-21(5-1)9-11-23-13-15-25-17-19-29-35(33(25)31(23)27)36-30(38-37-29)20-18-26-16-14-24-12-10-22-6-2-4-8-28(22)32(24)34(26)36/h1-20H. The number of nitrogens with zero attached hydrogens (tertiary/aromatic N) is 2. The fraction of sp³-hybridized carbons (Fsp3) is 0. The average molecular weight is 481 g/mol. The Hall–Kier alpha value is -5.08. The third-order valence-electron chi connectivity index (χ3n) is 8.25. The van der Waals surface area contributed by atoms with Gasteiger partial charge in [0.25, 0.3) is 0 Å². The highest BCUT2D eigenvalue weighted by atomic mass is 15.1. The molecule has 8 aromatic carbocycles. The topological polar surface area (TPSA) is 25.8 Å². The summed E-state index contributed by atoms with van der Waals surface area (Å²) in [5.41, 5.74) is 1.85. The van der Waals surface area contributed by atoms with Crippen molar-refractivity contribution in [1.82, 2.24) is 10.2 Å². The number of hydrogen-bond donors (Lipinski definition) is 0. The van der Waals surface area contributed by atoms with Gasteiger partial charge in [-0.15, -0.1) is 10.2 Å². The maximum absolute atomic E-state index is 4.75. The molecule has 0 aliphatic rings. The van der Waals surface area contributed by atoms with Crippen molar-refractivity contribution < 1.29 is 0 Å². The second-order valence-electron chi connectivity index (χ2n) is 10.2. The SMILES string of the molecule is c1ccc2c(c1)ccc1ccc3ccc4nnc5ccc6ccc7ccc8ccccc8c7c6c5c4c3c12. The first kappa shape index (κ1) is 20.0. The zero-order chi connectivity index (χ0) is 24.8. The first-order valence-corrected chi connectivity index (χ1v) is 13.0. The summed E-state index contributed by atoms with van der Waals surface area (Å²) in [4.78, 5) is 0. The second-order valence-corrected chi connectivity index (χ2v) is 10.2. The molecule has 0 amide bonds. The van der Waals surface area contributed by atoms with Crippen LogP contribution in [-0.2, 0) is 0 Å². The lowest BCUT2D eigenvalue weighted by Gasteiger charge is -2.15. The molecule has 0 unspecified atom stereocenters. The monoisotopic (exact) mass is 480 g/mol. The van der Waals surface area contributed by atoms with Crippen molar-refractivity contribution in [3.8, 4) is 0 Å². The Morgan fingerprint density at radius 3 is 1.05 bits per heavy atom. The summed E-state index contributed by atoms with van der Waals surface area (Å²) >= 11 is 0. The number of benzene rings is 8. The lowest BCUT2D eigenvalue weighted by atomic mass is 9.89. The Kier molecular flexibility index (Phi) is 3.82. The minimum atomic E-state index is 0.926. The quantitative estimate of drug-likeness (QED) is 0.202. The van der Waals surface area contributed by atoms with Gasteiger partial charge in [-0.1, -0.05) is 109 Å². The van der Waals surface area contributed by atoms with Crippen LogP contribution in [0.4, 0.5) is 0 Å². The zero-order valence-corrected chi connectivity index (χ0v) is 20.4. The van der Waals surface area contributed by atoms with Crippen molar-refractivity contribution in [2.24, 2.45) is 0 Å². The molecular weight excluding hydrogens is 460 g/mol. The van der Waals surface area contributed by atoms with Crippen molar-refractivity contribution in [1.29, 1.82) is 0 Å². The average Bonchev–Trinajstić information content (AvgIpc) is 2.99. The van der Waals surface area contributed by atoms with Crippen molar-refractivity contribution in [2.45, 2.75) is 0 Å². The predicted molar refractivity (Wildman–Crippen MR) is 162 cm³/mol. The van der Waals surface area contributed by atoms with E-state index in [2.05, 4.69) is 121 Å². The van der Waals surface area contributed by atoms with Gasteiger partial charge in [0, 0.05) is 21.5 Å². The maximum atomic E-state index is 4.75. The lowest BCUT2D eigenvalue weighted by molar-refractivity contribution is 1.12. The first-order chi connectivity index (χ1) is 18.8. The number of hydrogen-bond acceptors (Lipinski definition) is 2. The molecule has 0 saturated carbocycles. The van der Waals surface area contributed by atoms with E-state index < -0.39 is 0 Å². The molecule has 174 valence electrons. The van der Waals surface area contributed by atoms with Gasteiger partial charge in [-0.05, 0) is 66.0 Å². The van der Waals surface area contributed by atoms with Crippen molar-refractivity contribution in [3.63, 3.8) is 0 Å². The number of rotatable bonds is 0. The molecule has 38 heavy (non-hydrogen) atoms. The van der Waals surface area contributed by atoms with Crippen LogP contribution in [0, 0.1) is 0 Å². The van der Waals surface area contributed by atoms with Crippen LogP contribution in [0.15, 0.2) is 121 Å². The zero-order valence-electron chi connectivity index (χ0n) is 20.4. The van der Waals surface area contributed by atoms with Gasteiger partial charge in [0.05, 0.1) is 11.0 Å². The van der Waals surface area contributed by atoms with Gasteiger partial charge in [0.2, 0.25) is 0 Å². The molecule has 0 aliphatic carbocycles. The van der Waals surface area contributed by atoms with Crippen LogP contribution in [0.3, 0.4) is 0 Å². The molecule has 0 radical (unpaired) electrons. The molecular formula is C36H20N2. The molecule has 2 nitrogen and oxygen atoms in total. The van der Waals surface area contributed by atoms with E-state index in [9.17, 15) is 0 Å². The molecule has 0 saturated heterocycles. The minimum absolute atomic E-state index is 0.926. The Labute approximate surface area is 217 Å². The van der Waals surface area contributed by atoms with E-state index in [0.29, 0.717) is 0 Å². The maximum Gasteiger partial charge on any atom is 0.0943 e. The summed E-state index contributed by atoms with van der Waals surface area (Å²) < 4.78 is 0. The third-order valence-corrected chi connectivity index (χ3v) is 8.25. The van der Waals surface area contributed by atoms with Crippen LogP contribution >= 0.6 is 0 Å². The largest absolute Gasteiger partial charge is 0.150 e. The fourth-order valence-electron chi connectivity index (χ4n) is 6.58.